The molecule has 0 bridgehead atoms. The molecular weight excluding hydrogens is 220 g/mol. The Morgan fingerprint density at radius 2 is 2.43 bits per heavy atom. The van der Waals surface area contributed by atoms with Crippen molar-refractivity contribution >= 4 is 22.9 Å². The van der Waals surface area contributed by atoms with Gasteiger partial charge in [0, 0.05) is 11.6 Å². The average Bonchev–Trinajstić information content (AvgIpc) is 2.74. The molecule has 14 heavy (non-hydrogen) atoms. The zero-order chi connectivity index (χ0) is 10.1. The van der Waals surface area contributed by atoms with Crippen molar-refractivity contribution in [3.05, 3.63) is 28.0 Å². The minimum atomic E-state index is 0.319. The second-order valence-electron chi connectivity index (χ2n) is 2.59. The van der Waals surface area contributed by atoms with Gasteiger partial charge in [-0.3, -0.25) is 0 Å². The van der Waals surface area contributed by atoms with Crippen LogP contribution >= 0.6 is 22.9 Å². The summed E-state index contributed by atoms with van der Waals surface area (Å²) >= 11 is 7.38. The van der Waals surface area contributed by atoms with E-state index in [-0.39, 0.29) is 0 Å². The van der Waals surface area contributed by atoms with Gasteiger partial charge in [-0.1, -0.05) is 11.6 Å². The van der Waals surface area contributed by atoms with Crippen molar-refractivity contribution in [1.82, 2.24) is 14.8 Å². The van der Waals surface area contributed by atoms with Gasteiger partial charge in [0.25, 0.3) is 0 Å². The number of nitriles is 1. The van der Waals surface area contributed by atoms with Gasteiger partial charge in [0.2, 0.25) is 5.13 Å². The highest BCUT2D eigenvalue weighted by Crippen LogP contribution is 2.23. The zero-order valence-corrected chi connectivity index (χ0v) is 8.80. The molecule has 4 nitrogen and oxygen atoms in total. The molecule has 0 fully saturated rings. The fraction of sp³-hybridized carbons (Fsp3) is 0.125. The summed E-state index contributed by atoms with van der Waals surface area (Å²) in [6.45, 7) is 1.74. The molecule has 2 rings (SSSR count). The Bertz CT molecular complexity index is 494. The Hall–Kier alpha value is -1.38. The summed E-state index contributed by atoms with van der Waals surface area (Å²) in [4.78, 5) is 4.06. The summed E-state index contributed by atoms with van der Waals surface area (Å²) in [5.74, 6) is 0. The van der Waals surface area contributed by atoms with Crippen LogP contribution in [0.4, 0.5) is 0 Å². The molecule has 0 saturated carbocycles. The third kappa shape index (κ3) is 1.29. The van der Waals surface area contributed by atoms with Gasteiger partial charge in [0.15, 0.2) is 5.15 Å². The molecule has 0 aliphatic heterocycles. The molecule has 0 radical (unpaired) electrons. The molecule has 0 amide bonds. The Morgan fingerprint density at radius 1 is 1.64 bits per heavy atom. The molecule has 0 aromatic carbocycles. The van der Waals surface area contributed by atoms with Crippen LogP contribution in [0.3, 0.4) is 0 Å². The number of thiazole rings is 1. The second kappa shape index (κ2) is 3.40. The molecule has 70 valence electrons. The minimum Gasteiger partial charge on any atom is -0.227 e. The maximum absolute atomic E-state index is 8.81. The molecular formula is C8H5ClN4S. The van der Waals surface area contributed by atoms with Crippen molar-refractivity contribution in [3.8, 4) is 11.2 Å². The quantitative estimate of drug-likeness (QED) is 0.746. The van der Waals surface area contributed by atoms with Gasteiger partial charge in [-0.2, -0.15) is 15.0 Å². The number of hydrogen-bond acceptors (Lipinski definition) is 4. The molecule has 0 aliphatic rings. The van der Waals surface area contributed by atoms with E-state index < -0.39 is 0 Å². The lowest BCUT2D eigenvalue weighted by Crippen LogP contribution is -1.95. The maximum Gasteiger partial charge on any atom is 0.211 e. The highest BCUT2D eigenvalue weighted by molar-refractivity contribution is 7.12. The van der Waals surface area contributed by atoms with E-state index >= 15 is 0 Å². The molecule has 2 aromatic heterocycles. The van der Waals surface area contributed by atoms with Crippen molar-refractivity contribution in [3.63, 3.8) is 0 Å². The summed E-state index contributed by atoms with van der Waals surface area (Å²) in [5.41, 5.74) is 1.02. The summed E-state index contributed by atoms with van der Waals surface area (Å²) in [6.07, 6.45) is 1.67. The summed E-state index contributed by atoms with van der Waals surface area (Å²) in [7, 11) is 0. The Kier molecular flexibility index (Phi) is 2.23. The highest BCUT2D eigenvalue weighted by Gasteiger charge is 2.14. The van der Waals surface area contributed by atoms with E-state index in [1.54, 1.807) is 13.1 Å². The van der Waals surface area contributed by atoms with Crippen LogP contribution in [0.5, 0.6) is 0 Å². The van der Waals surface area contributed by atoms with Crippen molar-refractivity contribution in [1.29, 1.82) is 5.26 Å². The van der Waals surface area contributed by atoms with Crippen LogP contribution in [0, 0.1) is 18.3 Å². The first-order valence-corrected chi connectivity index (χ1v) is 5.05. The smallest absolute Gasteiger partial charge is 0.211 e. The molecule has 0 N–H and O–H groups in total. The van der Waals surface area contributed by atoms with Crippen molar-refractivity contribution in [2.75, 3.05) is 0 Å². The van der Waals surface area contributed by atoms with Gasteiger partial charge >= 0.3 is 0 Å². The summed E-state index contributed by atoms with van der Waals surface area (Å²) in [6, 6.07) is 2.01. The van der Waals surface area contributed by atoms with Gasteiger partial charge in [0.05, 0.1) is 5.69 Å². The number of halogens is 1. The Balaban J connectivity index is 2.63. The van der Waals surface area contributed by atoms with E-state index in [0.29, 0.717) is 21.5 Å². The highest BCUT2D eigenvalue weighted by atomic mass is 35.5. The Morgan fingerprint density at radius 3 is 2.93 bits per heavy atom. The van der Waals surface area contributed by atoms with Gasteiger partial charge in [-0.25, -0.2) is 4.98 Å². The van der Waals surface area contributed by atoms with Crippen molar-refractivity contribution in [2.24, 2.45) is 0 Å². The molecule has 0 unspecified atom stereocenters. The predicted octanol–water partition coefficient (Wildman–Crippen LogP) is 2.16. The lowest BCUT2D eigenvalue weighted by molar-refractivity contribution is 0.854. The van der Waals surface area contributed by atoms with Crippen molar-refractivity contribution < 1.29 is 0 Å². The van der Waals surface area contributed by atoms with Gasteiger partial charge in [0.1, 0.15) is 11.6 Å². The topological polar surface area (TPSA) is 54.5 Å². The van der Waals surface area contributed by atoms with Crippen LogP contribution in [0.1, 0.15) is 11.3 Å². The number of rotatable bonds is 1. The number of aromatic nitrogens is 3. The lowest BCUT2D eigenvalue weighted by atomic mass is 10.3. The van der Waals surface area contributed by atoms with Crippen LogP contribution in [-0.4, -0.2) is 14.8 Å². The largest absolute Gasteiger partial charge is 0.227 e. The molecule has 0 saturated heterocycles. The maximum atomic E-state index is 8.81. The third-order valence-electron chi connectivity index (χ3n) is 1.72. The van der Waals surface area contributed by atoms with E-state index in [1.165, 1.54) is 16.0 Å². The standard InChI is InChI=1S/C8H5ClN4S/c1-5-6(4-10)7(9)13(12-5)8-11-2-3-14-8/h2-3H,1H3. The van der Waals surface area contributed by atoms with E-state index in [9.17, 15) is 0 Å². The minimum absolute atomic E-state index is 0.319. The lowest BCUT2D eigenvalue weighted by Gasteiger charge is -1.94. The van der Waals surface area contributed by atoms with Gasteiger partial charge in [-0.05, 0) is 6.92 Å². The fourth-order valence-corrected chi connectivity index (χ4v) is 2.02. The molecule has 6 heteroatoms. The predicted molar refractivity (Wildman–Crippen MR) is 53.7 cm³/mol. The number of hydrogen-bond donors (Lipinski definition) is 0. The molecule has 0 spiro atoms. The van der Waals surface area contributed by atoms with Crippen LogP contribution < -0.4 is 0 Å². The normalized spacial score (nSPS) is 10.1. The second-order valence-corrected chi connectivity index (χ2v) is 3.82. The van der Waals surface area contributed by atoms with Crippen LogP contribution in [0.15, 0.2) is 11.6 Å². The zero-order valence-electron chi connectivity index (χ0n) is 7.23. The van der Waals surface area contributed by atoms with Crippen LogP contribution in [-0.2, 0) is 0 Å². The molecule has 0 atom stereocenters. The monoisotopic (exact) mass is 224 g/mol. The number of aryl methyl sites for hydroxylation is 1. The fourth-order valence-electron chi connectivity index (χ4n) is 1.07. The Labute approximate surface area is 89.4 Å². The van der Waals surface area contributed by atoms with E-state index in [0.717, 1.165) is 0 Å². The van der Waals surface area contributed by atoms with Crippen LogP contribution in [0.25, 0.3) is 5.13 Å². The van der Waals surface area contributed by atoms with Crippen LogP contribution in [0.2, 0.25) is 5.15 Å². The summed E-state index contributed by atoms with van der Waals surface area (Å²) in [5, 5.41) is 15.8. The van der Waals surface area contributed by atoms with E-state index in [1.807, 2.05) is 11.4 Å². The summed E-state index contributed by atoms with van der Waals surface area (Å²) < 4.78 is 1.47. The van der Waals surface area contributed by atoms with Gasteiger partial charge in [-0.15, -0.1) is 11.3 Å². The van der Waals surface area contributed by atoms with E-state index in [4.69, 9.17) is 16.9 Å². The molecule has 0 aliphatic carbocycles. The molecule has 2 heterocycles. The first-order chi connectivity index (χ1) is 6.74. The number of nitrogens with zero attached hydrogens (tertiary/aromatic N) is 4. The third-order valence-corrected chi connectivity index (χ3v) is 2.81. The first-order valence-electron chi connectivity index (χ1n) is 3.79. The molecule has 2 aromatic rings. The average molecular weight is 225 g/mol. The SMILES string of the molecule is Cc1nn(-c2nccs2)c(Cl)c1C#N. The first kappa shape index (κ1) is 9.19. The van der Waals surface area contributed by atoms with Crippen molar-refractivity contribution in [2.45, 2.75) is 6.92 Å². The van der Waals surface area contributed by atoms with E-state index in [2.05, 4.69) is 10.1 Å². The van der Waals surface area contributed by atoms with Gasteiger partial charge < -0.3 is 0 Å².